The molecule has 4 atom stereocenters. The zero-order chi connectivity index (χ0) is 41.4. The Balaban J connectivity index is 1.04. The molecule has 300 valence electrons. The fourth-order valence-corrected chi connectivity index (χ4v) is 8.25. The normalized spacial score (nSPS) is 18.7. The van der Waals surface area contributed by atoms with E-state index in [-0.39, 0.29) is 33.9 Å². The van der Waals surface area contributed by atoms with Gasteiger partial charge in [-0.2, -0.15) is 0 Å². The van der Waals surface area contributed by atoms with Crippen molar-refractivity contribution in [1.82, 2.24) is 10.6 Å². The molecule has 0 aromatic heterocycles. The summed E-state index contributed by atoms with van der Waals surface area (Å²) in [4.78, 5) is 53.9. The molecule has 2 aliphatic rings. The van der Waals surface area contributed by atoms with Gasteiger partial charge in [-0.15, -0.1) is 11.8 Å². The van der Waals surface area contributed by atoms with Gasteiger partial charge in [-0.25, -0.2) is 13.6 Å². The minimum Gasteiger partial charge on any atom is -0.484 e. The lowest BCUT2D eigenvalue weighted by molar-refractivity contribution is -0.140. The predicted molar refractivity (Wildman–Crippen MR) is 214 cm³/mol. The van der Waals surface area contributed by atoms with Crippen molar-refractivity contribution < 1.29 is 43.9 Å². The van der Waals surface area contributed by atoms with E-state index in [1.807, 2.05) is 0 Å². The van der Waals surface area contributed by atoms with Gasteiger partial charge in [0.05, 0.1) is 28.7 Å². The Hall–Kier alpha value is -4.69. The van der Waals surface area contributed by atoms with E-state index >= 15 is 0 Å². The molecule has 1 aliphatic carbocycles. The topological polar surface area (TPSA) is 134 Å². The first-order valence-corrected chi connectivity index (χ1v) is 20.2. The van der Waals surface area contributed by atoms with Crippen LogP contribution in [0.2, 0.25) is 10.0 Å². The molecular weight excluding hydrogens is 799 g/mol. The van der Waals surface area contributed by atoms with Gasteiger partial charge in [0.1, 0.15) is 34.4 Å². The van der Waals surface area contributed by atoms with Crippen molar-refractivity contribution in [3.8, 4) is 11.5 Å². The summed E-state index contributed by atoms with van der Waals surface area (Å²) in [6, 6.07) is 20.4. The van der Waals surface area contributed by atoms with E-state index in [0.29, 0.717) is 29.8 Å². The van der Waals surface area contributed by atoms with Gasteiger partial charge in [-0.05, 0) is 84.1 Å². The lowest BCUT2D eigenvalue weighted by atomic mass is 9.85. The van der Waals surface area contributed by atoms with Crippen LogP contribution >= 0.6 is 35.0 Å². The highest BCUT2D eigenvalue weighted by atomic mass is 35.5. The van der Waals surface area contributed by atoms with Crippen molar-refractivity contribution in [1.29, 1.82) is 0 Å². The van der Waals surface area contributed by atoms with Crippen molar-refractivity contribution in [3.05, 3.63) is 124 Å². The van der Waals surface area contributed by atoms with E-state index in [9.17, 15) is 33.1 Å². The van der Waals surface area contributed by atoms with Crippen LogP contribution in [0.5, 0.6) is 11.5 Å². The number of nitrogens with zero attached hydrogens (tertiary/aromatic N) is 1. The van der Waals surface area contributed by atoms with E-state index in [1.54, 1.807) is 29.2 Å². The minimum atomic E-state index is -1.16. The van der Waals surface area contributed by atoms with Crippen molar-refractivity contribution in [2.24, 2.45) is 5.89 Å². The number of esters is 1. The third-order valence-corrected chi connectivity index (χ3v) is 11.7. The number of aliphatic hydroxyl groups is 1. The molecule has 1 saturated heterocycles. The van der Waals surface area contributed by atoms with E-state index in [1.165, 1.54) is 78.5 Å². The fourth-order valence-electron chi connectivity index (χ4n) is 6.67. The Morgan fingerprint density at radius 2 is 1.53 bits per heavy atom. The number of hydrogen-bond donors (Lipinski definition) is 3. The number of ether oxygens (including phenoxy) is 2. The van der Waals surface area contributed by atoms with Crippen LogP contribution in [0.1, 0.15) is 63.2 Å². The van der Waals surface area contributed by atoms with Crippen LogP contribution in [-0.2, 0) is 19.2 Å². The standard InChI is InChI=1S/C42H41Cl2F2N3O7S/c43-33-19-18-32(21-34(33)44)56-42(54)35(20-25-4-2-1-3-5-25)48-37(51)22-47-38(52)23-55-31-16-8-27(9-17-31)39-40(41(53)49(39)30-14-12-29(46)13-15-30)57-24-36(50)26-6-10-28(45)11-7-26/h6-19,21,25,35-36,39-40,50H,1-5,20,22-24H2,(H,47,52)(H,48,51)/t35-,36-,39+,40+/m0/s1/i25D. The van der Waals surface area contributed by atoms with Crippen LogP contribution < -0.4 is 25.0 Å². The summed E-state index contributed by atoms with van der Waals surface area (Å²) in [5.74, 6) is -3.45. The third-order valence-electron chi connectivity index (χ3n) is 9.66. The first kappa shape index (κ1) is 40.5. The molecule has 4 aromatic rings. The zero-order valence-corrected chi connectivity index (χ0v) is 32.9. The number of anilines is 1. The van der Waals surface area contributed by atoms with Crippen LogP contribution in [0.15, 0.2) is 91.0 Å². The van der Waals surface area contributed by atoms with Gasteiger partial charge in [0.15, 0.2) is 6.61 Å². The molecule has 15 heteroatoms. The molecule has 1 heterocycles. The van der Waals surface area contributed by atoms with Gasteiger partial charge in [-0.3, -0.25) is 14.4 Å². The number of rotatable bonds is 16. The summed E-state index contributed by atoms with van der Waals surface area (Å²) >= 11 is 13.3. The van der Waals surface area contributed by atoms with E-state index in [4.69, 9.17) is 34.0 Å². The number of hydrogen-bond acceptors (Lipinski definition) is 8. The molecule has 3 N–H and O–H groups in total. The molecule has 0 unspecified atom stereocenters. The summed E-state index contributed by atoms with van der Waals surface area (Å²) in [5.41, 5.74) is 1.73. The zero-order valence-electron chi connectivity index (χ0n) is 31.6. The van der Waals surface area contributed by atoms with Crippen LogP contribution in [0, 0.1) is 17.5 Å². The fraction of sp³-hybridized carbons (Fsp3) is 0.333. The summed E-state index contributed by atoms with van der Waals surface area (Å²) in [7, 11) is 0. The summed E-state index contributed by atoms with van der Waals surface area (Å²) in [5, 5.41) is 15.7. The summed E-state index contributed by atoms with van der Waals surface area (Å²) in [6.45, 7) is -0.902. The van der Waals surface area contributed by atoms with E-state index in [0.717, 1.165) is 24.8 Å². The first-order valence-electron chi connectivity index (χ1n) is 18.9. The lowest BCUT2D eigenvalue weighted by Gasteiger charge is -2.47. The van der Waals surface area contributed by atoms with Gasteiger partial charge < -0.3 is 30.1 Å². The molecule has 6 rings (SSSR count). The van der Waals surface area contributed by atoms with Crippen molar-refractivity contribution in [2.75, 3.05) is 23.8 Å². The number of amides is 3. The Morgan fingerprint density at radius 1 is 0.877 bits per heavy atom. The number of nitrogens with one attached hydrogen (secondary N) is 2. The molecule has 4 aromatic carbocycles. The van der Waals surface area contributed by atoms with Gasteiger partial charge in [-0.1, -0.05) is 79.6 Å². The molecule has 0 radical (unpaired) electrons. The lowest BCUT2D eigenvalue weighted by Crippen LogP contribution is -2.57. The quantitative estimate of drug-likeness (QED) is 0.0593. The van der Waals surface area contributed by atoms with Gasteiger partial charge in [0.2, 0.25) is 11.8 Å². The van der Waals surface area contributed by atoms with Crippen molar-refractivity contribution in [3.63, 3.8) is 0 Å². The number of halogens is 4. The average molecular weight is 842 g/mol. The van der Waals surface area contributed by atoms with E-state index in [2.05, 4.69) is 10.6 Å². The van der Waals surface area contributed by atoms with Crippen LogP contribution in [-0.4, -0.2) is 59.0 Å². The second kappa shape index (κ2) is 19.6. The SMILES string of the molecule is [2H]C1(C[C@H](NC(=O)CNC(=O)COc2ccc([C@@H]3[C@@H](SC[C@H](O)c4ccc(F)cc4)C(=O)N3c3ccc(F)cc3)cc2)C(=O)Oc2ccc(Cl)c(Cl)c2)CCCCC1. The average Bonchev–Trinajstić information content (AvgIpc) is 3.20. The second-order valence-corrected chi connectivity index (χ2v) is 15.7. The minimum absolute atomic E-state index is 0.0278. The molecule has 0 spiro atoms. The van der Waals surface area contributed by atoms with Crippen molar-refractivity contribution in [2.45, 2.75) is 62.0 Å². The highest BCUT2D eigenvalue weighted by molar-refractivity contribution is 8.00. The molecular formula is C42H41Cl2F2N3O7S. The molecule has 57 heavy (non-hydrogen) atoms. The Labute approximate surface area is 344 Å². The molecule has 3 amide bonds. The number of aliphatic hydroxyl groups excluding tert-OH is 1. The Kier molecular flexibility index (Phi) is 14.0. The highest BCUT2D eigenvalue weighted by Gasteiger charge is 2.49. The number of carbonyl (C=O) groups excluding carboxylic acids is 4. The second-order valence-electron chi connectivity index (χ2n) is 13.7. The third kappa shape index (κ3) is 11.2. The number of carbonyl (C=O) groups is 4. The maximum absolute atomic E-state index is 13.7. The Morgan fingerprint density at radius 3 is 2.19 bits per heavy atom. The molecule has 0 bridgehead atoms. The van der Waals surface area contributed by atoms with Crippen molar-refractivity contribution >= 4 is 64.3 Å². The monoisotopic (exact) mass is 840 g/mol. The maximum Gasteiger partial charge on any atom is 0.334 e. The summed E-state index contributed by atoms with van der Waals surface area (Å²) in [6.07, 6.45) is 2.90. The maximum atomic E-state index is 13.7. The molecule has 1 saturated carbocycles. The summed E-state index contributed by atoms with van der Waals surface area (Å²) < 4.78 is 47.2. The molecule has 1 aliphatic heterocycles. The number of β-lactam (4-membered cyclic amide) rings is 1. The smallest absolute Gasteiger partial charge is 0.334 e. The first-order chi connectivity index (χ1) is 27.8. The molecule has 2 fully saturated rings. The van der Waals surface area contributed by atoms with E-state index < -0.39 is 71.9 Å². The van der Waals surface area contributed by atoms with Gasteiger partial charge >= 0.3 is 5.97 Å². The number of thioether (sulfide) groups is 1. The van der Waals surface area contributed by atoms with Gasteiger partial charge in [0.25, 0.3) is 5.91 Å². The number of benzene rings is 4. The Bertz CT molecular complexity index is 2090. The molecule has 10 nitrogen and oxygen atoms in total. The van der Waals surface area contributed by atoms with Crippen LogP contribution in [0.3, 0.4) is 0 Å². The predicted octanol–water partition coefficient (Wildman–Crippen LogP) is 7.75. The van der Waals surface area contributed by atoms with Crippen LogP contribution in [0.25, 0.3) is 0 Å². The van der Waals surface area contributed by atoms with Gasteiger partial charge in [0, 0.05) is 18.9 Å². The largest absolute Gasteiger partial charge is 0.484 e. The highest BCUT2D eigenvalue weighted by Crippen LogP contribution is 2.46. The van der Waals surface area contributed by atoms with Crippen LogP contribution in [0.4, 0.5) is 14.5 Å².